The lowest BCUT2D eigenvalue weighted by atomic mass is 9.88. The summed E-state index contributed by atoms with van der Waals surface area (Å²) in [5.74, 6) is 0.0170. The Morgan fingerprint density at radius 1 is 1.35 bits per heavy atom. The molecule has 1 aliphatic carbocycles. The zero-order chi connectivity index (χ0) is 18.4. The second-order valence-electron chi connectivity index (χ2n) is 6.79. The molecule has 1 fully saturated rings. The SMILES string of the molecule is CC(OCC1CCCC(OCc2coc(-c3ccccc3)n2)C1)C(=O)O. The van der Waals surface area contributed by atoms with E-state index in [2.05, 4.69) is 4.98 Å². The Kier molecular flexibility index (Phi) is 6.41. The Balaban J connectivity index is 1.46. The number of carboxylic acids is 1. The van der Waals surface area contributed by atoms with Crippen LogP contribution in [-0.4, -0.2) is 34.9 Å². The van der Waals surface area contributed by atoms with Crippen molar-refractivity contribution in [3.05, 3.63) is 42.3 Å². The number of rotatable bonds is 8. The van der Waals surface area contributed by atoms with Crippen molar-refractivity contribution in [2.45, 2.75) is 51.4 Å². The molecular weight excluding hydrogens is 334 g/mol. The number of oxazole rings is 1. The first-order valence-electron chi connectivity index (χ1n) is 9.07. The van der Waals surface area contributed by atoms with E-state index in [0.29, 0.717) is 25.0 Å². The highest BCUT2D eigenvalue weighted by molar-refractivity contribution is 5.71. The summed E-state index contributed by atoms with van der Waals surface area (Å²) in [4.78, 5) is 15.3. The number of nitrogens with zero attached hydrogens (tertiary/aromatic N) is 1. The molecule has 6 nitrogen and oxygen atoms in total. The van der Waals surface area contributed by atoms with Crippen LogP contribution in [0.1, 0.15) is 38.3 Å². The van der Waals surface area contributed by atoms with E-state index < -0.39 is 12.1 Å². The van der Waals surface area contributed by atoms with E-state index >= 15 is 0 Å². The average Bonchev–Trinajstić information content (AvgIpc) is 3.14. The molecule has 0 radical (unpaired) electrons. The van der Waals surface area contributed by atoms with Gasteiger partial charge < -0.3 is 19.0 Å². The molecule has 1 aromatic carbocycles. The van der Waals surface area contributed by atoms with Crippen molar-refractivity contribution in [3.63, 3.8) is 0 Å². The van der Waals surface area contributed by atoms with Crippen LogP contribution in [0.5, 0.6) is 0 Å². The first kappa shape index (κ1) is 18.6. The molecule has 3 unspecified atom stereocenters. The molecule has 1 heterocycles. The molecule has 0 aliphatic heterocycles. The van der Waals surface area contributed by atoms with E-state index in [1.54, 1.807) is 13.2 Å². The molecule has 140 valence electrons. The van der Waals surface area contributed by atoms with E-state index in [9.17, 15) is 4.79 Å². The van der Waals surface area contributed by atoms with Gasteiger partial charge in [0, 0.05) is 5.56 Å². The smallest absolute Gasteiger partial charge is 0.332 e. The fraction of sp³-hybridized carbons (Fsp3) is 0.500. The van der Waals surface area contributed by atoms with Crippen molar-refractivity contribution in [3.8, 4) is 11.5 Å². The van der Waals surface area contributed by atoms with Gasteiger partial charge in [-0.2, -0.15) is 0 Å². The number of hydrogen-bond donors (Lipinski definition) is 1. The van der Waals surface area contributed by atoms with Crippen LogP contribution >= 0.6 is 0 Å². The zero-order valence-electron chi connectivity index (χ0n) is 15.0. The van der Waals surface area contributed by atoms with Crippen LogP contribution in [0.2, 0.25) is 0 Å². The van der Waals surface area contributed by atoms with Gasteiger partial charge in [-0.15, -0.1) is 0 Å². The summed E-state index contributed by atoms with van der Waals surface area (Å²) in [6, 6.07) is 9.77. The Hall–Kier alpha value is -2.18. The third-order valence-electron chi connectivity index (χ3n) is 4.70. The fourth-order valence-electron chi connectivity index (χ4n) is 3.19. The number of carboxylic acid groups (broad SMARTS) is 1. The average molecular weight is 359 g/mol. The molecule has 6 heteroatoms. The maximum atomic E-state index is 10.8. The standard InChI is InChI=1S/C20H25NO5/c1-14(20(22)23)24-11-15-6-5-9-18(10-15)25-12-17-13-26-19(21-17)16-7-3-2-4-8-16/h2-4,7-8,13-15,18H,5-6,9-12H2,1H3,(H,22,23). The molecule has 0 bridgehead atoms. The minimum Gasteiger partial charge on any atom is -0.479 e. The molecule has 1 N–H and O–H groups in total. The van der Waals surface area contributed by atoms with Crippen LogP contribution in [0.3, 0.4) is 0 Å². The van der Waals surface area contributed by atoms with Crippen molar-refractivity contribution < 1.29 is 23.8 Å². The number of hydrogen-bond acceptors (Lipinski definition) is 5. The van der Waals surface area contributed by atoms with E-state index in [1.165, 1.54) is 0 Å². The van der Waals surface area contributed by atoms with Gasteiger partial charge in [-0.05, 0) is 44.2 Å². The van der Waals surface area contributed by atoms with Gasteiger partial charge in [-0.1, -0.05) is 24.6 Å². The van der Waals surface area contributed by atoms with Crippen LogP contribution < -0.4 is 0 Å². The Bertz CT molecular complexity index is 699. The quantitative estimate of drug-likeness (QED) is 0.770. The van der Waals surface area contributed by atoms with Crippen molar-refractivity contribution >= 4 is 5.97 Å². The molecule has 3 atom stereocenters. The van der Waals surface area contributed by atoms with Crippen molar-refractivity contribution in [1.29, 1.82) is 0 Å². The summed E-state index contributed by atoms with van der Waals surface area (Å²) in [6.45, 7) is 2.45. The number of carbonyl (C=O) groups is 1. The molecule has 1 aliphatic rings. The fourth-order valence-corrected chi connectivity index (χ4v) is 3.19. The minimum absolute atomic E-state index is 0.148. The largest absolute Gasteiger partial charge is 0.479 e. The van der Waals surface area contributed by atoms with Gasteiger partial charge in [-0.25, -0.2) is 9.78 Å². The zero-order valence-corrected chi connectivity index (χ0v) is 15.0. The van der Waals surface area contributed by atoms with E-state index in [0.717, 1.165) is 36.9 Å². The third kappa shape index (κ3) is 5.16. The molecule has 2 aromatic rings. The highest BCUT2D eigenvalue weighted by atomic mass is 16.5. The van der Waals surface area contributed by atoms with Gasteiger partial charge >= 0.3 is 5.97 Å². The van der Waals surface area contributed by atoms with Gasteiger partial charge in [0.25, 0.3) is 0 Å². The molecular formula is C20H25NO5. The maximum Gasteiger partial charge on any atom is 0.332 e. The van der Waals surface area contributed by atoms with Gasteiger partial charge in [0.1, 0.15) is 12.0 Å². The van der Waals surface area contributed by atoms with Gasteiger partial charge in [0.05, 0.1) is 19.3 Å². The predicted molar refractivity (Wildman–Crippen MR) is 95.5 cm³/mol. The van der Waals surface area contributed by atoms with E-state index in [4.69, 9.17) is 19.0 Å². The summed E-state index contributed by atoms with van der Waals surface area (Å²) >= 11 is 0. The summed E-state index contributed by atoms with van der Waals surface area (Å²) in [5, 5.41) is 8.89. The second kappa shape index (κ2) is 8.96. The Morgan fingerprint density at radius 2 is 2.15 bits per heavy atom. The third-order valence-corrected chi connectivity index (χ3v) is 4.70. The maximum absolute atomic E-state index is 10.8. The molecule has 0 amide bonds. The van der Waals surface area contributed by atoms with Crippen molar-refractivity contribution in [2.24, 2.45) is 5.92 Å². The lowest BCUT2D eigenvalue weighted by Crippen LogP contribution is -2.29. The highest BCUT2D eigenvalue weighted by Gasteiger charge is 2.24. The second-order valence-corrected chi connectivity index (χ2v) is 6.79. The first-order chi connectivity index (χ1) is 12.6. The lowest BCUT2D eigenvalue weighted by molar-refractivity contribution is -0.150. The lowest BCUT2D eigenvalue weighted by Gasteiger charge is -2.29. The summed E-state index contributed by atoms with van der Waals surface area (Å²) in [6.07, 6.45) is 5.03. The van der Waals surface area contributed by atoms with Gasteiger partial charge in [-0.3, -0.25) is 0 Å². The van der Waals surface area contributed by atoms with Crippen LogP contribution in [-0.2, 0) is 20.9 Å². The van der Waals surface area contributed by atoms with Crippen molar-refractivity contribution in [1.82, 2.24) is 4.98 Å². The Morgan fingerprint density at radius 3 is 2.92 bits per heavy atom. The molecule has 0 saturated heterocycles. The number of benzene rings is 1. The summed E-state index contributed by atoms with van der Waals surface area (Å²) < 4.78 is 17.0. The van der Waals surface area contributed by atoms with Gasteiger partial charge in [0.15, 0.2) is 6.10 Å². The first-order valence-corrected chi connectivity index (χ1v) is 9.07. The topological polar surface area (TPSA) is 81.8 Å². The van der Waals surface area contributed by atoms with Crippen LogP contribution in [0.4, 0.5) is 0 Å². The van der Waals surface area contributed by atoms with E-state index in [-0.39, 0.29) is 6.10 Å². The number of ether oxygens (including phenoxy) is 2. The molecule has 1 saturated carbocycles. The normalized spacial score (nSPS) is 21.4. The van der Waals surface area contributed by atoms with Crippen LogP contribution in [0.15, 0.2) is 41.0 Å². The highest BCUT2D eigenvalue weighted by Crippen LogP contribution is 2.28. The van der Waals surface area contributed by atoms with Crippen molar-refractivity contribution in [2.75, 3.05) is 6.61 Å². The molecule has 0 spiro atoms. The summed E-state index contributed by atoms with van der Waals surface area (Å²) in [7, 11) is 0. The minimum atomic E-state index is -0.922. The molecule has 1 aromatic heterocycles. The molecule has 26 heavy (non-hydrogen) atoms. The molecule has 3 rings (SSSR count). The number of aliphatic carboxylic acids is 1. The van der Waals surface area contributed by atoms with Gasteiger partial charge in [0.2, 0.25) is 5.89 Å². The monoisotopic (exact) mass is 359 g/mol. The predicted octanol–water partition coefficient (Wildman–Crippen LogP) is 3.91. The van der Waals surface area contributed by atoms with Crippen LogP contribution in [0, 0.1) is 5.92 Å². The number of aromatic nitrogens is 1. The van der Waals surface area contributed by atoms with E-state index in [1.807, 2.05) is 30.3 Å². The van der Waals surface area contributed by atoms with Crippen LogP contribution in [0.25, 0.3) is 11.5 Å². The Labute approximate surface area is 153 Å². The summed E-state index contributed by atoms with van der Waals surface area (Å²) in [5.41, 5.74) is 1.72.